The highest BCUT2D eigenvalue weighted by Gasteiger charge is 2.20. The molecule has 0 heterocycles. The van der Waals surface area contributed by atoms with Crippen molar-refractivity contribution >= 4 is 0 Å². The number of hydrogen-bond donors (Lipinski definition) is 1. The maximum absolute atomic E-state index is 5.90. The first-order chi connectivity index (χ1) is 7.36. The molecule has 0 amide bonds. The highest BCUT2D eigenvalue weighted by Crippen LogP contribution is 2.28. The monoisotopic (exact) mass is 213 g/mol. The van der Waals surface area contributed by atoms with Crippen LogP contribution in [0.25, 0.3) is 0 Å². The molecule has 0 saturated heterocycles. The van der Waals surface area contributed by atoms with Crippen molar-refractivity contribution in [1.29, 1.82) is 0 Å². The molecule has 0 spiro atoms. The Labute approximate surface area is 94.8 Å². The molecule has 1 rings (SSSR count). The van der Waals surface area contributed by atoms with Crippen molar-refractivity contribution in [3.63, 3.8) is 0 Å². The molecule has 15 heavy (non-hydrogen) atoms. The fourth-order valence-electron chi connectivity index (χ4n) is 2.36. The third-order valence-corrected chi connectivity index (χ3v) is 3.37. The predicted molar refractivity (Wildman–Crippen MR) is 65.1 cm³/mol. The lowest BCUT2D eigenvalue weighted by molar-refractivity contribution is 0.0143. The van der Waals surface area contributed by atoms with Gasteiger partial charge in [0.25, 0.3) is 0 Å². The van der Waals surface area contributed by atoms with Gasteiger partial charge in [-0.05, 0) is 31.7 Å². The molecule has 0 aromatic rings. The highest BCUT2D eigenvalue weighted by molar-refractivity contribution is 4.72. The van der Waals surface area contributed by atoms with Gasteiger partial charge in [0, 0.05) is 6.54 Å². The molecule has 0 aromatic carbocycles. The third-order valence-electron chi connectivity index (χ3n) is 3.37. The summed E-state index contributed by atoms with van der Waals surface area (Å²) in [6, 6.07) is 0. The van der Waals surface area contributed by atoms with Crippen LogP contribution < -0.4 is 5.32 Å². The van der Waals surface area contributed by atoms with Crippen LogP contribution in [-0.2, 0) is 4.74 Å². The molecule has 2 atom stereocenters. The van der Waals surface area contributed by atoms with E-state index in [0.717, 1.165) is 25.6 Å². The van der Waals surface area contributed by atoms with Crippen molar-refractivity contribution in [1.82, 2.24) is 5.32 Å². The molecule has 1 fully saturated rings. The second kappa shape index (κ2) is 8.12. The Morgan fingerprint density at radius 1 is 1.20 bits per heavy atom. The van der Waals surface area contributed by atoms with Crippen LogP contribution >= 0.6 is 0 Å². The summed E-state index contributed by atoms with van der Waals surface area (Å²) in [5.41, 5.74) is 0. The van der Waals surface area contributed by atoms with E-state index >= 15 is 0 Å². The minimum Gasteiger partial charge on any atom is -0.377 e. The molecule has 2 heteroatoms. The zero-order chi connectivity index (χ0) is 10.9. The summed E-state index contributed by atoms with van der Waals surface area (Å²) in [4.78, 5) is 0. The van der Waals surface area contributed by atoms with Gasteiger partial charge in [-0.3, -0.25) is 0 Å². The van der Waals surface area contributed by atoms with E-state index in [1.54, 1.807) is 0 Å². The maximum atomic E-state index is 5.90. The van der Waals surface area contributed by atoms with Gasteiger partial charge in [-0.2, -0.15) is 0 Å². The Hall–Kier alpha value is -0.0800. The van der Waals surface area contributed by atoms with Gasteiger partial charge >= 0.3 is 0 Å². The van der Waals surface area contributed by atoms with Crippen molar-refractivity contribution < 1.29 is 4.74 Å². The van der Waals surface area contributed by atoms with E-state index in [-0.39, 0.29) is 0 Å². The maximum Gasteiger partial charge on any atom is 0.0594 e. The molecular formula is C13H27NO. The average Bonchev–Trinajstić information content (AvgIpc) is 2.29. The fraction of sp³-hybridized carbons (Fsp3) is 1.00. The first kappa shape index (κ1) is 13.0. The molecule has 1 aliphatic rings. The van der Waals surface area contributed by atoms with Crippen LogP contribution in [0, 0.1) is 5.92 Å². The standard InChI is InChI=1S/C13H27NO/c1-3-8-14-9-10-15-13-7-5-6-12(4-2)11-13/h12-14H,3-11H2,1-2H3. The molecule has 1 N–H and O–H groups in total. The zero-order valence-corrected chi connectivity index (χ0v) is 10.4. The van der Waals surface area contributed by atoms with Gasteiger partial charge in [0.2, 0.25) is 0 Å². The summed E-state index contributed by atoms with van der Waals surface area (Å²) in [6.45, 7) is 7.52. The van der Waals surface area contributed by atoms with Crippen LogP contribution in [0.5, 0.6) is 0 Å². The Morgan fingerprint density at radius 3 is 2.80 bits per heavy atom. The molecule has 2 nitrogen and oxygen atoms in total. The smallest absolute Gasteiger partial charge is 0.0594 e. The topological polar surface area (TPSA) is 21.3 Å². The second-order valence-electron chi connectivity index (χ2n) is 4.68. The largest absolute Gasteiger partial charge is 0.377 e. The van der Waals surface area contributed by atoms with Crippen LogP contribution in [0.1, 0.15) is 52.4 Å². The molecular weight excluding hydrogens is 186 g/mol. The SMILES string of the molecule is CCCNCCOC1CCCC(CC)C1. The van der Waals surface area contributed by atoms with E-state index in [9.17, 15) is 0 Å². The fourth-order valence-corrected chi connectivity index (χ4v) is 2.36. The summed E-state index contributed by atoms with van der Waals surface area (Å²) in [6.07, 6.45) is 8.45. The Bertz CT molecular complexity index is 149. The molecule has 1 aliphatic carbocycles. The summed E-state index contributed by atoms with van der Waals surface area (Å²) >= 11 is 0. The Kier molecular flexibility index (Phi) is 7.03. The molecule has 0 aliphatic heterocycles. The van der Waals surface area contributed by atoms with Gasteiger partial charge in [-0.25, -0.2) is 0 Å². The van der Waals surface area contributed by atoms with Crippen molar-refractivity contribution in [2.75, 3.05) is 19.7 Å². The summed E-state index contributed by atoms with van der Waals surface area (Å²) in [5, 5.41) is 3.37. The number of nitrogens with one attached hydrogen (secondary N) is 1. The van der Waals surface area contributed by atoms with E-state index < -0.39 is 0 Å². The summed E-state index contributed by atoms with van der Waals surface area (Å²) in [7, 11) is 0. The van der Waals surface area contributed by atoms with Gasteiger partial charge < -0.3 is 10.1 Å². The minimum absolute atomic E-state index is 0.548. The van der Waals surface area contributed by atoms with E-state index in [2.05, 4.69) is 19.2 Å². The average molecular weight is 213 g/mol. The van der Waals surface area contributed by atoms with Gasteiger partial charge in [0.15, 0.2) is 0 Å². The first-order valence-corrected chi connectivity index (χ1v) is 6.69. The van der Waals surface area contributed by atoms with Crippen LogP contribution in [0.4, 0.5) is 0 Å². The van der Waals surface area contributed by atoms with Crippen molar-refractivity contribution in [2.45, 2.75) is 58.5 Å². The van der Waals surface area contributed by atoms with Crippen LogP contribution in [-0.4, -0.2) is 25.8 Å². The van der Waals surface area contributed by atoms with Crippen LogP contribution in [0.3, 0.4) is 0 Å². The molecule has 90 valence electrons. The molecule has 1 saturated carbocycles. The van der Waals surface area contributed by atoms with E-state index in [1.165, 1.54) is 38.5 Å². The lowest BCUT2D eigenvalue weighted by atomic mass is 9.85. The number of rotatable bonds is 7. The van der Waals surface area contributed by atoms with Crippen LogP contribution in [0.2, 0.25) is 0 Å². The van der Waals surface area contributed by atoms with E-state index in [0.29, 0.717) is 6.10 Å². The van der Waals surface area contributed by atoms with E-state index in [4.69, 9.17) is 4.74 Å². The third kappa shape index (κ3) is 5.53. The summed E-state index contributed by atoms with van der Waals surface area (Å²) < 4.78 is 5.90. The number of hydrogen-bond acceptors (Lipinski definition) is 2. The zero-order valence-electron chi connectivity index (χ0n) is 10.4. The lowest BCUT2D eigenvalue weighted by Gasteiger charge is -2.28. The van der Waals surface area contributed by atoms with Gasteiger partial charge in [-0.15, -0.1) is 0 Å². The highest BCUT2D eigenvalue weighted by atomic mass is 16.5. The Balaban J connectivity index is 2.00. The molecule has 0 radical (unpaired) electrons. The first-order valence-electron chi connectivity index (χ1n) is 6.69. The van der Waals surface area contributed by atoms with Gasteiger partial charge in [0.1, 0.15) is 0 Å². The van der Waals surface area contributed by atoms with E-state index in [1.807, 2.05) is 0 Å². The normalized spacial score (nSPS) is 26.8. The summed E-state index contributed by atoms with van der Waals surface area (Å²) in [5.74, 6) is 0.923. The van der Waals surface area contributed by atoms with Gasteiger partial charge in [-0.1, -0.05) is 33.1 Å². The van der Waals surface area contributed by atoms with Crippen molar-refractivity contribution in [2.24, 2.45) is 5.92 Å². The molecule has 0 aromatic heterocycles. The second-order valence-corrected chi connectivity index (χ2v) is 4.68. The Morgan fingerprint density at radius 2 is 2.07 bits per heavy atom. The van der Waals surface area contributed by atoms with Crippen molar-refractivity contribution in [3.8, 4) is 0 Å². The van der Waals surface area contributed by atoms with Crippen LogP contribution in [0.15, 0.2) is 0 Å². The number of ether oxygens (including phenoxy) is 1. The predicted octanol–water partition coefficient (Wildman–Crippen LogP) is 2.97. The quantitative estimate of drug-likeness (QED) is 0.656. The lowest BCUT2D eigenvalue weighted by Crippen LogP contribution is -2.27. The molecule has 0 bridgehead atoms. The van der Waals surface area contributed by atoms with Gasteiger partial charge in [0.05, 0.1) is 12.7 Å². The minimum atomic E-state index is 0.548. The molecule has 2 unspecified atom stereocenters. The van der Waals surface area contributed by atoms with Crippen molar-refractivity contribution in [3.05, 3.63) is 0 Å².